The summed E-state index contributed by atoms with van der Waals surface area (Å²) in [4.78, 5) is 23.5. The molecule has 0 atom stereocenters. The number of anilines is 1. The minimum absolute atomic E-state index is 0.00102. The lowest BCUT2D eigenvalue weighted by molar-refractivity contribution is -0.114. The Balaban J connectivity index is 2.10. The molecule has 3 rings (SSSR count). The molecule has 0 unspecified atom stereocenters. The normalized spacial score (nSPS) is 11.2. The number of nitrogens with one attached hydrogen (secondary N) is 1. The van der Waals surface area contributed by atoms with Crippen LogP contribution in [0.15, 0.2) is 59.5 Å². The van der Waals surface area contributed by atoms with Gasteiger partial charge in [0.15, 0.2) is 15.5 Å². The molecule has 0 radical (unpaired) electrons. The third-order valence-electron chi connectivity index (χ3n) is 4.39. The first kappa shape index (κ1) is 21.3. The fourth-order valence-corrected chi connectivity index (χ4v) is 4.53. The molecule has 0 spiro atoms. The molecule has 0 fully saturated rings. The molecular weight excluding hydrogens is 406 g/mol. The minimum Gasteiger partial charge on any atom is -0.464 e. The number of nitrogens with zero attached hydrogens (tertiary/aromatic N) is 2. The van der Waals surface area contributed by atoms with Crippen molar-refractivity contribution in [2.75, 3.05) is 12.4 Å². The van der Waals surface area contributed by atoms with Crippen LogP contribution in [0.4, 0.5) is 5.69 Å². The van der Waals surface area contributed by atoms with Crippen molar-refractivity contribution in [2.45, 2.75) is 24.5 Å². The van der Waals surface area contributed by atoms with E-state index in [0.29, 0.717) is 11.4 Å². The smallest absolute Gasteiger partial charge is 0.358 e. The maximum atomic E-state index is 13.2. The average Bonchev–Trinajstić information content (AvgIpc) is 3.10. The molecule has 1 aromatic heterocycles. The fourth-order valence-electron chi connectivity index (χ4n) is 3.04. The van der Waals surface area contributed by atoms with Crippen LogP contribution in [0, 0.1) is 6.92 Å². The van der Waals surface area contributed by atoms with Crippen LogP contribution in [-0.2, 0) is 25.1 Å². The van der Waals surface area contributed by atoms with E-state index in [9.17, 15) is 18.0 Å². The number of ether oxygens (including phenoxy) is 1. The van der Waals surface area contributed by atoms with Crippen LogP contribution in [0.2, 0.25) is 0 Å². The van der Waals surface area contributed by atoms with Gasteiger partial charge in [-0.2, -0.15) is 5.10 Å². The third kappa shape index (κ3) is 4.41. The summed E-state index contributed by atoms with van der Waals surface area (Å²) in [5, 5.41) is 6.81. The average molecular weight is 427 g/mol. The van der Waals surface area contributed by atoms with Crippen molar-refractivity contribution in [3.8, 4) is 5.69 Å². The van der Waals surface area contributed by atoms with Crippen molar-refractivity contribution in [1.29, 1.82) is 0 Å². The van der Waals surface area contributed by atoms with Gasteiger partial charge in [-0.3, -0.25) is 4.79 Å². The van der Waals surface area contributed by atoms with Crippen LogP contribution >= 0.6 is 0 Å². The molecule has 1 heterocycles. The molecule has 30 heavy (non-hydrogen) atoms. The second-order valence-electron chi connectivity index (χ2n) is 6.65. The summed E-state index contributed by atoms with van der Waals surface area (Å²) in [6.07, 6.45) is 0. The van der Waals surface area contributed by atoms with E-state index in [0.717, 1.165) is 5.56 Å². The SMILES string of the molecule is COC(=O)c1cc(CS(=O)(=O)c2ccccc2NC(C)=O)n(-c2ccccc2C)n1. The monoisotopic (exact) mass is 427 g/mol. The summed E-state index contributed by atoms with van der Waals surface area (Å²) >= 11 is 0. The molecule has 8 nitrogen and oxygen atoms in total. The highest BCUT2D eigenvalue weighted by Gasteiger charge is 2.25. The Labute approximate surface area is 174 Å². The second-order valence-corrected chi connectivity index (χ2v) is 8.61. The Hall–Kier alpha value is -3.46. The maximum Gasteiger partial charge on any atom is 0.358 e. The van der Waals surface area contributed by atoms with Gasteiger partial charge in [0.25, 0.3) is 0 Å². The van der Waals surface area contributed by atoms with Crippen molar-refractivity contribution in [3.05, 3.63) is 71.5 Å². The number of aryl methyl sites for hydroxylation is 1. The first-order valence-electron chi connectivity index (χ1n) is 9.05. The molecule has 1 N–H and O–H groups in total. The molecule has 156 valence electrons. The van der Waals surface area contributed by atoms with Crippen LogP contribution in [-0.4, -0.2) is 37.2 Å². The van der Waals surface area contributed by atoms with Crippen LogP contribution in [0.25, 0.3) is 5.69 Å². The number of para-hydroxylation sites is 2. The van der Waals surface area contributed by atoms with Gasteiger partial charge in [-0.05, 0) is 36.8 Å². The standard InChI is InChI=1S/C21H21N3O5S/c1-14-8-4-6-10-19(14)24-16(12-18(23-24)21(26)29-3)13-30(27,28)20-11-7-5-9-17(20)22-15(2)25/h4-12H,13H2,1-3H3,(H,22,25). The zero-order valence-electron chi connectivity index (χ0n) is 16.7. The zero-order valence-corrected chi connectivity index (χ0v) is 17.6. The number of carbonyl (C=O) groups excluding carboxylic acids is 2. The number of sulfone groups is 1. The second kappa shape index (κ2) is 8.50. The van der Waals surface area contributed by atoms with Gasteiger partial charge in [0.05, 0.1) is 34.8 Å². The lowest BCUT2D eigenvalue weighted by Gasteiger charge is -2.13. The highest BCUT2D eigenvalue weighted by atomic mass is 32.2. The molecule has 0 aliphatic carbocycles. The van der Waals surface area contributed by atoms with Crippen LogP contribution in [0.1, 0.15) is 28.7 Å². The molecule has 2 aromatic carbocycles. The van der Waals surface area contributed by atoms with Gasteiger partial charge in [0.2, 0.25) is 5.91 Å². The van der Waals surface area contributed by atoms with Gasteiger partial charge in [-0.1, -0.05) is 30.3 Å². The fraction of sp³-hybridized carbons (Fsp3) is 0.190. The van der Waals surface area contributed by atoms with Crippen molar-refractivity contribution in [1.82, 2.24) is 9.78 Å². The lowest BCUT2D eigenvalue weighted by atomic mass is 10.2. The number of hydrogen-bond acceptors (Lipinski definition) is 6. The predicted molar refractivity (Wildman–Crippen MR) is 111 cm³/mol. The largest absolute Gasteiger partial charge is 0.464 e. The molecule has 0 aliphatic heterocycles. The van der Waals surface area contributed by atoms with E-state index in [-0.39, 0.29) is 22.2 Å². The van der Waals surface area contributed by atoms with Gasteiger partial charge >= 0.3 is 5.97 Å². The van der Waals surface area contributed by atoms with Gasteiger partial charge in [0.1, 0.15) is 0 Å². The van der Waals surface area contributed by atoms with E-state index in [4.69, 9.17) is 4.74 Å². The summed E-state index contributed by atoms with van der Waals surface area (Å²) in [5.41, 5.74) is 1.99. The molecule has 1 amide bonds. The van der Waals surface area contributed by atoms with Crippen LogP contribution in [0.3, 0.4) is 0 Å². The summed E-state index contributed by atoms with van der Waals surface area (Å²) < 4.78 is 32.6. The van der Waals surface area contributed by atoms with E-state index < -0.39 is 21.6 Å². The van der Waals surface area contributed by atoms with E-state index in [1.165, 1.54) is 36.9 Å². The van der Waals surface area contributed by atoms with Crippen molar-refractivity contribution < 1.29 is 22.7 Å². The number of amides is 1. The molecule has 3 aromatic rings. The Kier molecular flexibility index (Phi) is 6.02. The van der Waals surface area contributed by atoms with Crippen LogP contribution < -0.4 is 5.32 Å². The summed E-state index contributed by atoms with van der Waals surface area (Å²) in [6.45, 7) is 3.17. The Bertz CT molecular complexity index is 1210. The first-order valence-corrected chi connectivity index (χ1v) is 10.7. The number of carbonyl (C=O) groups is 2. The maximum absolute atomic E-state index is 13.2. The van der Waals surface area contributed by atoms with Crippen molar-refractivity contribution >= 4 is 27.4 Å². The molecule has 9 heteroatoms. The van der Waals surface area contributed by atoms with Crippen LogP contribution in [0.5, 0.6) is 0 Å². The predicted octanol–water partition coefficient (Wildman–Crippen LogP) is 2.90. The lowest BCUT2D eigenvalue weighted by Crippen LogP contribution is -2.14. The van der Waals surface area contributed by atoms with E-state index in [2.05, 4.69) is 10.4 Å². The van der Waals surface area contributed by atoms with Gasteiger partial charge in [0, 0.05) is 6.92 Å². The van der Waals surface area contributed by atoms with E-state index in [1.54, 1.807) is 24.3 Å². The minimum atomic E-state index is -3.88. The molecule has 0 saturated carbocycles. The number of methoxy groups -OCH3 is 1. The number of benzene rings is 2. The number of aromatic nitrogens is 2. The van der Waals surface area contributed by atoms with Gasteiger partial charge in [-0.25, -0.2) is 17.9 Å². The van der Waals surface area contributed by atoms with Gasteiger partial charge in [-0.15, -0.1) is 0 Å². The highest BCUT2D eigenvalue weighted by Crippen LogP contribution is 2.26. The summed E-state index contributed by atoms with van der Waals surface area (Å²) in [5.74, 6) is -1.47. The topological polar surface area (TPSA) is 107 Å². The highest BCUT2D eigenvalue weighted by molar-refractivity contribution is 7.90. The third-order valence-corrected chi connectivity index (χ3v) is 6.09. The Morgan fingerprint density at radius 2 is 1.77 bits per heavy atom. The van der Waals surface area contributed by atoms with E-state index in [1.807, 2.05) is 19.1 Å². The summed E-state index contributed by atoms with van der Waals surface area (Å²) in [6, 6.07) is 14.9. The Morgan fingerprint density at radius 3 is 2.43 bits per heavy atom. The first-order chi connectivity index (χ1) is 14.2. The number of esters is 1. The number of rotatable bonds is 6. The Morgan fingerprint density at radius 1 is 1.10 bits per heavy atom. The molecule has 0 saturated heterocycles. The number of hydrogen-bond donors (Lipinski definition) is 1. The summed E-state index contributed by atoms with van der Waals surface area (Å²) in [7, 11) is -2.65. The van der Waals surface area contributed by atoms with Gasteiger partial charge < -0.3 is 10.1 Å². The quantitative estimate of drug-likeness (QED) is 0.606. The van der Waals surface area contributed by atoms with Crippen molar-refractivity contribution in [2.24, 2.45) is 0 Å². The van der Waals surface area contributed by atoms with E-state index >= 15 is 0 Å². The molecule has 0 bridgehead atoms. The van der Waals surface area contributed by atoms with Crippen molar-refractivity contribution in [3.63, 3.8) is 0 Å². The zero-order chi connectivity index (χ0) is 21.9. The molecular formula is C21H21N3O5S. The molecule has 0 aliphatic rings.